The van der Waals surface area contributed by atoms with E-state index in [1.165, 1.54) is 0 Å². The van der Waals surface area contributed by atoms with E-state index in [1.807, 2.05) is 30.3 Å². The Morgan fingerprint density at radius 2 is 1.88 bits per heavy atom. The Labute approximate surface area is 143 Å². The van der Waals surface area contributed by atoms with Gasteiger partial charge in [-0.1, -0.05) is 43.2 Å². The monoisotopic (exact) mass is 330 g/mol. The second kappa shape index (κ2) is 7.34. The topological polar surface area (TPSA) is 49.9 Å². The summed E-state index contributed by atoms with van der Waals surface area (Å²) in [6.45, 7) is 0.695. The van der Waals surface area contributed by atoms with Gasteiger partial charge in [-0.25, -0.2) is 0 Å². The molecule has 1 aliphatic heterocycles. The maximum Gasteiger partial charge on any atom is 0.256 e. The highest BCUT2D eigenvalue weighted by Gasteiger charge is 2.38. The molecule has 5 nitrogen and oxygen atoms in total. The number of ether oxygens (including phenoxy) is 1. The maximum atomic E-state index is 13.1. The lowest BCUT2D eigenvalue weighted by molar-refractivity contribution is -0.152. The summed E-state index contributed by atoms with van der Waals surface area (Å²) in [6.07, 6.45) is 4.51. The van der Waals surface area contributed by atoms with Gasteiger partial charge >= 0.3 is 0 Å². The van der Waals surface area contributed by atoms with Gasteiger partial charge in [0.05, 0.1) is 6.10 Å². The van der Waals surface area contributed by atoms with Crippen LogP contribution in [0.2, 0.25) is 0 Å². The van der Waals surface area contributed by atoms with Crippen molar-refractivity contribution >= 4 is 11.8 Å². The Morgan fingerprint density at radius 1 is 1.21 bits per heavy atom. The third-order valence-electron chi connectivity index (χ3n) is 5.17. The average Bonchev–Trinajstić information content (AvgIpc) is 3.23. The van der Waals surface area contributed by atoms with Gasteiger partial charge in [0, 0.05) is 20.6 Å². The van der Waals surface area contributed by atoms with Crippen LogP contribution >= 0.6 is 0 Å². The highest BCUT2D eigenvalue weighted by Crippen LogP contribution is 2.30. The number of carbonyl (C=O) groups excluding carboxylic acids is 2. The van der Waals surface area contributed by atoms with Crippen LogP contribution < -0.4 is 0 Å². The van der Waals surface area contributed by atoms with Crippen molar-refractivity contribution < 1.29 is 14.3 Å². The number of carbonyl (C=O) groups is 2. The molecule has 130 valence electrons. The smallest absolute Gasteiger partial charge is 0.256 e. The van der Waals surface area contributed by atoms with Crippen LogP contribution in [-0.4, -0.2) is 54.4 Å². The molecule has 2 aliphatic rings. The fourth-order valence-corrected chi connectivity index (χ4v) is 3.63. The summed E-state index contributed by atoms with van der Waals surface area (Å²) < 4.78 is 6.19. The van der Waals surface area contributed by atoms with Crippen LogP contribution in [0.3, 0.4) is 0 Å². The summed E-state index contributed by atoms with van der Waals surface area (Å²) in [4.78, 5) is 28.6. The lowest BCUT2D eigenvalue weighted by atomic mass is 10.1. The minimum atomic E-state index is -0.627. The van der Waals surface area contributed by atoms with Crippen LogP contribution in [-0.2, 0) is 14.3 Å². The highest BCUT2D eigenvalue weighted by molar-refractivity contribution is 5.90. The van der Waals surface area contributed by atoms with Gasteiger partial charge < -0.3 is 14.5 Å². The summed E-state index contributed by atoms with van der Waals surface area (Å²) in [5.74, 6) is -0.111. The molecule has 2 amide bonds. The molecular formula is C19H26N2O3. The van der Waals surface area contributed by atoms with E-state index < -0.39 is 6.10 Å². The third kappa shape index (κ3) is 3.46. The molecule has 24 heavy (non-hydrogen) atoms. The van der Waals surface area contributed by atoms with Crippen LogP contribution in [0.5, 0.6) is 0 Å². The summed E-state index contributed by atoms with van der Waals surface area (Å²) in [5, 5.41) is 0. The Hall–Kier alpha value is -1.88. The molecule has 0 aromatic heterocycles. The number of nitrogens with zero attached hydrogens (tertiary/aromatic N) is 2. The SMILES string of the molecule is CN1CCC(N(C)C(=O)C(OC2CCCC2)c2ccccc2)C1=O. The number of hydrogen-bond acceptors (Lipinski definition) is 3. The highest BCUT2D eigenvalue weighted by atomic mass is 16.5. The van der Waals surface area contributed by atoms with Crippen LogP contribution in [0.4, 0.5) is 0 Å². The van der Waals surface area contributed by atoms with Gasteiger partial charge in [-0.15, -0.1) is 0 Å². The second-order valence-electron chi connectivity index (χ2n) is 6.85. The molecule has 2 unspecified atom stereocenters. The van der Waals surface area contributed by atoms with Crippen LogP contribution in [0.25, 0.3) is 0 Å². The molecule has 1 saturated carbocycles. The molecule has 0 bridgehead atoms. The molecule has 3 rings (SSSR count). The van der Waals surface area contributed by atoms with Crippen molar-refractivity contribution in [2.75, 3.05) is 20.6 Å². The summed E-state index contributed by atoms with van der Waals surface area (Å²) in [5.41, 5.74) is 0.861. The van der Waals surface area contributed by atoms with Gasteiger partial charge in [0.1, 0.15) is 6.04 Å². The first-order valence-corrected chi connectivity index (χ1v) is 8.80. The zero-order valence-corrected chi connectivity index (χ0v) is 14.5. The standard InChI is InChI=1S/C19H26N2O3/c1-20-13-12-16(18(20)22)21(2)19(23)17(14-8-4-3-5-9-14)24-15-10-6-7-11-15/h3-5,8-9,15-17H,6-7,10-13H2,1-2H3. The number of amides is 2. The van der Waals surface area contributed by atoms with Crippen LogP contribution in [0.1, 0.15) is 43.8 Å². The molecule has 0 radical (unpaired) electrons. The molecule has 2 atom stereocenters. The van der Waals surface area contributed by atoms with E-state index in [0.29, 0.717) is 13.0 Å². The van der Waals surface area contributed by atoms with Gasteiger partial charge in [0.2, 0.25) is 5.91 Å². The van der Waals surface area contributed by atoms with Crippen LogP contribution in [0, 0.1) is 0 Å². The van der Waals surface area contributed by atoms with Crippen molar-refractivity contribution in [2.24, 2.45) is 0 Å². The van der Waals surface area contributed by atoms with E-state index in [-0.39, 0.29) is 24.0 Å². The minimum Gasteiger partial charge on any atom is -0.360 e. The van der Waals surface area contributed by atoms with Gasteiger partial charge in [-0.05, 0) is 24.8 Å². The van der Waals surface area contributed by atoms with Gasteiger partial charge in [-0.2, -0.15) is 0 Å². The first-order chi connectivity index (χ1) is 11.6. The van der Waals surface area contributed by atoms with Crippen molar-refractivity contribution in [3.8, 4) is 0 Å². The number of rotatable bonds is 5. The van der Waals surface area contributed by atoms with Crippen molar-refractivity contribution in [1.82, 2.24) is 9.80 Å². The number of likely N-dealkylation sites (tertiary alicyclic amines) is 1. The molecule has 0 spiro atoms. The molecule has 1 aliphatic carbocycles. The Morgan fingerprint density at radius 3 is 2.46 bits per heavy atom. The minimum absolute atomic E-state index is 0.0125. The predicted molar refractivity (Wildman–Crippen MR) is 91.3 cm³/mol. The Balaban J connectivity index is 1.78. The maximum absolute atomic E-state index is 13.1. The summed E-state index contributed by atoms with van der Waals surface area (Å²) >= 11 is 0. The first kappa shape index (κ1) is 17.0. The average molecular weight is 330 g/mol. The lowest BCUT2D eigenvalue weighted by Gasteiger charge is -2.29. The van der Waals surface area contributed by atoms with Crippen LogP contribution in [0.15, 0.2) is 30.3 Å². The fourth-order valence-electron chi connectivity index (χ4n) is 3.63. The molecule has 0 N–H and O–H groups in total. The van der Waals surface area contributed by atoms with Crippen molar-refractivity contribution in [2.45, 2.75) is 50.4 Å². The van der Waals surface area contributed by atoms with Gasteiger partial charge in [0.15, 0.2) is 6.10 Å². The number of benzene rings is 1. The van der Waals surface area contributed by atoms with E-state index in [9.17, 15) is 9.59 Å². The van der Waals surface area contributed by atoms with Gasteiger partial charge in [0.25, 0.3) is 5.91 Å². The van der Waals surface area contributed by atoms with Gasteiger partial charge in [-0.3, -0.25) is 9.59 Å². The normalized spacial score (nSPS) is 22.8. The third-order valence-corrected chi connectivity index (χ3v) is 5.17. The first-order valence-electron chi connectivity index (χ1n) is 8.80. The second-order valence-corrected chi connectivity index (χ2v) is 6.85. The largest absolute Gasteiger partial charge is 0.360 e. The molecule has 1 saturated heterocycles. The number of hydrogen-bond donors (Lipinski definition) is 0. The molecule has 1 heterocycles. The lowest BCUT2D eigenvalue weighted by Crippen LogP contribution is -2.45. The van der Waals surface area contributed by atoms with Crippen molar-refractivity contribution in [3.05, 3.63) is 35.9 Å². The molecule has 2 fully saturated rings. The van der Waals surface area contributed by atoms with E-state index in [4.69, 9.17) is 4.74 Å². The van der Waals surface area contributed by atoms with E-state index in [1.54, 1.807) is 23.9 Å². The summed E-state index contributed by atoms with van der Waals surface area (Å²) in [7, 11) is 3.50. The van der Waals surface area contributed by atoms with E-state index in [2.05, 4.69) is 0 Å². The molecule has 1 aromatic carbocycles. The quantitative estimate of drug-likeness (QED) is 0.833. The summed E-state index contributed by atoms with van der Waals surface area (Å²) in [6, 6.07) is 9.24. The van der Waals surface area contributed by atoms with E-state index >= 15 is 0 Å². The predicted octanol–water partition coefficient (Wildman–Crippen LogP) is 2.38. The Bertz CT molecular complexity index is 584. The van der Waals surface area contributed by atoms with E-state index in [0.717, 1.165) is 31.2 Å². The zero-order chi connectivity index (χ0) is 17.1. The van der Waals surface area contributed by atoms with Crippen molar-refractivity contribution in [3.63, 3.8) is 0 Å². The van der Waals surface area contributed by atoms with Crippen molar-refractivity contribution in [1.29, 1.82) is 0 Å². The number of likely N-dealkylation sites (N-methyl/N-ethyl adjacent to an activating group) is 2. The zero-order valence-electron chi connectivity index (χ0n) is 14.5. The molecular weight excluding hydrogens is 304 g/mol. The Kier molecular flexibility index (Phi) is 5.19. The fraction of sp³-hybridized carbons (Fsp3) is 0.579. The molecule has 5 heteroatoms. The molecule has 1 aromatic rings.